The number of aliphatic carboxylic acids is 1. The number of amides is 1. The second kappa shape index (κ2) is 7.29. The second-order valence-corrected chi connectivity index (χ2v) is 6.38. The molecule has 2 aromatic rings. The number of carboxylic acids is 1. The summed E-state index contributed by atoms with van der Waals surface area (Å²) in [6, 6.07) is 7.19. The molecule has 2 rings (SSSR count). The number of aromatic nitrogens is 2. The molecule has 132 valence electrons. The van der Waals surface area contributed by atoms with E-state index in [-0.39, 0.29) is 24.5 Å². The molecule has 7 heteroatoms. The summed E-state index contributed by atoms with van der Waals surface area (Å²) in [6.45, 7) is 4.95. The topological polar surface area (TPSA) is 101 Å². The third kappa shape index (κ3) is 4.53. The molecule has 0 saturated carbocycles. The van der Waals surface area contributed by atoms with Gasteiger partial charge in [-0.3, -0.25) is 14.3 Å². The summed E-state index contributed by atoms with van der Waals surface area (Å²) in [6.07, 6.45) is 2.97. The van der Waals surface area contributed by atoms with Gasteiger partial charge in [-0.1, -0.05) is 29.8 Å². The number of nitrogens with zero attached hydrogens (tertiary/aromatic N) is 2. The molecule has 25 heavy (non-hydrogen) atoms. The summed E-state index contributed by atoms with van der Waals surface area (Å²) in [5, 5.41) is 15.8. The van der Waals surface area contributed by atoms with Crippen molar-refractivity contribution < 1.29 is 19.5 Å². The molecule has 0 aliphatic rings. The van der Waals surface area contributed by atoms with E-state index in [0.717, 1.165) is 5.56 Å². The molecule has 2 N–H and O–H groups in total. The predicted octanol–water partition coefficient (Wildman–Crippen LogP) is 2.61. The summed E-state index contributed by atoms with van der Waals surface area (Å²) in [5.41, 5.74) is 0.817. The van der Waals surface area contributed by atoms with Crippen molar-refractivity contribution in [3.8, 4) is 0 Å². The standard InChI is InChI=1S/C18H21N3O4/c1-12-4-6-13(7-5-12)15(22)8-9-16(23)20-14-10-19-21(11-14)18(2,3)17(24)25/h4-7,10-11H,8-9H2,1-3H3,(H,20,23)(H,24,25). The maximum absolute atomic E-state index is 12.1. The number of hydrogen-bond acceptors (Lipinski definition) is 4. The van der Waals surface area contributed by atoms with Gasteiger partial charge in [0.15, 0.2) is 11.3 Å². The zero-order valence-electron chi connectivity index (χ0n) is 14.4. The third-order valence-electron chi connectivity index (χ3n) is 3.92. The number of ketones is 1. The Balaban J connectivity index is 1.90. The molecule has 0 radical (unpaired) electrons. The van der Waals surface area contributed by atoms with E-state index in [4.69, 9.17) is 0 Å². The number of nitrogens with one attached hydrogen (secondary N) is 1. The minimum Gasteiger partial charge on any atom is -0.479 e. The van der Waals surface area contributed by atoms with Gasteiger partial charge in [-0.05, 0) is 20.8 Å². The molecule has 0 atom stereocenters. The van der Waals surface area contributed by atoms with Gasteiger partial charge in [0.05, 0.1) is 11.9 Å². The third-order valence-corrected chi connectivity index (χ3v) is 3.92. The van der Waals surface area contributed by atoms with Gasteiger partial charge >= 0.3 is 5.97 Å². The van der Waals surface area contributed by atoms with Crippen molar-refractivity contribution in [3.63, 3.8) is 0 Å². The first kappa shape index (κ1) is 18.4. The fourth-order valence-corrected chi connectivity index (χ4v) is 2.13. The van der Waals surface area contributed by atoms with Crippen LogP contribution < -0.4 is 5.32 Å². The Labute approximate surface area is 145 Å². The van der Waals surface area contributed by atoms with Crippen molar-refractivity contribution in [2.75, 3.05) is 5.32 Å². The van der Waals surface area contributed by atoms with Crippen LogP contribution in [0.25, 0.3) is 0 Å². The Bertz CT molecular complexity index is 791. The Hall–Kier alpha value is -2.96. The fourth-order valence-electron chi connectivity index (χ4n) is 2.13. The lowest BCUT2D eigenvalue weighted by Crippen LogP contribution is -2.35. The van der Waals surface area contributed by atoms with Crippen molar-refractivity contribution >= 4 is 23.3 Å². The van der Waals surface area contributed by atoms with E-state index in [1.807, 2.05) is 19.1 Å². The average Bonchev–Trinajstić information content (AvgIpc) is 3.02. The highest BCUT2D eigenvalue weighted by molar-refractivity contribution is 5.99. The van der Waals surface area contributed by atoms with E-state index >= 15 is 0 Å². The summed E-state index contributed by atoms with van der Waals surface area (Å²) in [4.78, 5) is 35.2. The van der Waals surface area contributed by atoms with Gasteiger partial charge in [-0.2, -0.15) is 5.10 Å². The molecule has 1 aromatic carbocycles. The molecular weight excluding hydrogens is 322 g/mol. The van der Waals surface area contributed by atoms with Crippen molar-refractivity contribution in [3.05, 3.63) is 47.8 Å². The highest BCUT2D eigenvalue weighted by Crippen LogP contribution is 2.17. The predicted molar refractivity (Wildman–Crippen MR) is 92.6 cm³/mol. The highest BCUT2D eigenvalue weighted by atomic mass is 16.4. The van der Waals surface area contributed by atoms with Crippen LogP contribution >= 0.6 is 0 Å². The number of carboxylic acid groups (broad SMARTS) is 1. The van der Waals surface area contributed by atoms with E-state index < -0.39 is 11.5 Å². The number of Topliss-reactive ketones (excluding diaryl/α,β-unsaturated/α-hetero) is 1. The molecule has 1 heterocycles. The fraction of sp³-hybridized carbons (Fsp3) is 0.333. The van der Waals surface area contributed by atoms with E-state index in [1.54, 1.807) is 12.1 Å². The van der Waals surface area contributed by atoms with Gasteiger partial charge in [0.2, 0.25) is 5.91 Å². The van der Waals surface area contributed by atoms with E-state index in [9.17, 15) is 19.5 Å². The molecule has 1 amide bonds. The average molecular weight is 343 g/mol. The number of carbonyl (C=O) groups is 3. The number of carbonyl (C=O) groups excluding carboxylic acids is 2. The van der Waals surface area contributed by atoms with E-state index in [1.165, 1.54) is 30.9 Å². The van der Waals surface area contributed by atoms with Crippen LogP contribution in [0.4, 0.5) is 5.69 Å². The molecule has 0 bridgehead atoms. The molecule has 0 unspecified atom stereocenters. The molecule has 0 aliphatic carbocycles. The van der Waals surface area contributed by atoms with Crippen LogP contribution in [-0.2, 0) is 15.1 Å². The van der Waals surface area contributed by atoms with Crippen molar-refractivity contribution in [2.24, 2.45) is 0 Å². The summed E-state index contributed by atoms with van der Waals surface area (Å²) < 4.78 is 1.27. The van der Waals surface area contributed by atoms with Crippen LogP contribution in [0.15, 0.2) is 36.7 Å². The minimum atomic E-state index is -1.22. The number of rotatable bonds is 7. The van der Waals surface area contributed by atoms with Crippen LogP contribution in [0.3, 0.4) is 0 Å². The number of benzene rings is 1. The van der Waals surface area contributed by atoms with Gasteiger partial charge in [0, 0.05) is 24.6 Å². The minimum absolute atomic E-state index is 0.0419. The summed E-state index contributed by atoms with van der Waals surface area (Å²) in [5.74, 6) is -1.46. The monoisotopic (exact) mass is 343 g/mol. The number of aryl methyl sites for hydroxylation is 1. The molecule has 1 aromatic heterocycles. The Morgan fingerprint density at radius 2 is 1.80 bits per heavy atom. The molecule has 7 nitrogen and oxygen atoms in total. The van der Waals surface area contributed by atoms with Crippen molar-refractivity contribution in [1.29, 1.82) is 0 Å². The van der Waals surface area contributed by atoms with Gasteiger partial charge in [0.25, 0.3) is 0 Å². The van der Waals surface area contributed by atoms with Crippen LogP contribution in [0.2, 0.25) is 0 Å². The zero-order valence-corrected chi connectivity index (χ0v) is 14.4. The summed E-state index contributed by atoms with van der Waals surface area (Å²) >= 11 is 0. The van der Waals surface area contributed by atoms with Gasteiger partial charge in [-0.25, -0.2) is 4.79 Å². The molecule has 0 spiro atoms. The largest absolute Gasteiger partial charge is 0.479 e. The Kier molecular flexibility index (Phi) is 5.36. The smallest absolute Gasteiger partial charge is 0.331 e. The van der Waals surface area contributed by atoms with Crippen molar-refractivity contribution in [2.45, 2.75) is 39.2 Å². The van der Waals surface area contributed by atoms with Crippen LogP contribution in [0.5, 0.6) is 0 Å². The van der Waals surface area contributed by atoms with E-state index in [0.29, 0.717) is 11.3 Å². The lowest BCUT2D eigenvalue weighted by atomic mass is 10.1. The van der Waals surface area contributed by atoms with Crippen LogP contribution in [0, 0.1) is 6.92 Å². The maximum atomic E-state index is 12.1. The quantitative estimate of drug-likeness (QED) is 0.753. The first-order valence-corrected chi connectivity index (χ1v) is 7.88. The Morgan fingerprint density at radius 3 is 2.40 bits per heavy atom. The number of anilines is 1. The van der Waals surface area contributed by atoms with Crippen LogP contribution in [-0.4, -0.2) is 32.5 Å². The first-order valence-electron chi connectivity index (χ1n) is 7.88. The summed E-state index contributed by atoms with van der Waals surface area (Å²) in [7, 11) is 0. The normalized spacial score (nSPS) is 11.2. The van der Waals surface area contributed by atoms with Crippen LogP contribution in [0.1, 0.15) is 42.6 Å². The molecule has 0 aliphatic heterocycles. The maximum Gasteiger partial charge on any atom is 0.331 e. The van der Waals surface area contributed by atoms with Crippen molar-refractivity contribution in [1.82, 2.24) is 9.78 Å². The lowest BCUT2D eigenvalue weighted by Gasteiger charge is -2.19. The zero-order chi connectivity index (χ0) is 18.6. The first-order chi connectivity index (χ1) is 11.7. The molecule has 0 fully saturated rings. The SMILES string of the molecule is Cc1ccc(C(=O)CCC(=O)Nc2cnn(C(C)(C)C(=O)O)c2)cc1. The lowest BCUT2D eigenvalue weighted by molar-refractivity contribution is -0.146. The second-order valence-electron chi connectivity index (χ2n) is 6.38. The van der Waals surface area contributed by atoms with Gasteiger partial charge < -0.3 is 10.4 Å². The van der Waals surface area contributed by atoms with Gasteiger partial charge in [0.1, 0.15) is 0 Å². The van der Waals surface area contributed by atoms with Gasteiger partial charge in [-0.15, -0.1) is 0 Å². The highest BCUT2D eigenvalue weighted by Gasteiger charge is 2.30. The Morgan fingerprint density at radius 1 is 1.16 bits per heavy atom. The molecular formula is C18H21N3O4. The van der Waals surface area contributed by atoms with E-state index in [2.05, 4.69) is 10.4 Å². The molecule has 0 saturated heterocycles. The number of hydrogen-bond donors (Lipinski definition) is 2.